The molecule has 68 valence electrons. The smallest absolute Gasteiger partial charge is 0.178 e. The van der Waals surface area contributed by atoms with Gasteiger partial charge in [0.05, 0.1) is 0 Å². The van der Waals surface area contributed by atoms with Crippen molar-refractivity contribution in [3.63, 3.8) is 0 Å². The molecule has 0 saturated carbocycles. The Balaban J connectivity index is 4.01. The van der Waals surface area contributed by atoms with Gasteiger partial charge in [-0.2, -0.15) is 0 Å². The van der Waals surface area contributed by atoms with E-state index in [1.165, 1.54) is 0 Å². The number of hydrogen-bond donors (Lipinski definition) is 0. The fourth-order valence-corrected chi connectivity index (χ4v) is 0.622. The first-order valence-corrected chi connectivity index (χ1v) is 4.35. The molecule has 1 heteroatoms. The van der Waals surface area contributed by atoms with Crippen LogP contribution in [0.5, 0.6) is 0 Å². The summed E-state index contributed by atoms with van der Waals surface area (Å²) in [5, 5.41) is 0. The molecule has 0 spiro atoms. The molecule has 0 aliphatic heterocycles. The summed E-state index contributed by atoms with van der Waals surface area (Å²) in [6.45, 7) is 8.22. The number of carbonyl (C=O) groups is 1. The second kappa shape index (κ2) is 4.91. The van der Waals surface area contributed by atoms with Crippen molar-refractivity contribution in [1.29, 1.82) is 0 Å². The monoisotopic (exact) mass is 166 g/mol. The van der Waals surface area contributed by atoms with Crippen LogP contribution in [-0.4, -0.2) is 5.78 Å². The highest BCUT2D eigenvalue weighted by atomic mass is 16.1. The Bertz CT molecular complexity index is 192. The van der Waals surface area contributed by atoms with Gasteiger partial charge in [0.15, 0.2) is 5.78 Å². The van der Waals surface area contributed by atoms with Crippen LogP contribution in [0.4, 0.5) is 0 Å². The Morgan fingerprint density at radius 1 is 1.25 bits per heavy atom. The second-order valence-corrected chi connectivity index (χ2v) is 3.91. The first kappa shape index (κ1) is 11.2. The van der Waals surface area contributed by atoms with Gasteiger partial charge in [-0.1, -0.05) is 39.8 Å². The summed E-state index contributed by atoms with van der Waals surface area (Å²) in [7, 11) is 0. The molecule has 0 aromatic carbocycles. The number of allylic oxidation sites excluding steroid dienone is 4. The lowest BCUT2D eigenvalue weighted by Gasteiger charge is -2.09. The Hall–Kier alpha value is -0.850. The molecule has 0 fully saturated rings. The van der Waals surface area contributed by atoms with Crippen molar-refractivity contribution in [1.82, 2.24) is 0 Å². The minimum absolute atomic E-state index is 0.0757. The largest absolute Gasteiger partial charge is 0.290 e. The highest BCUT2D eigenvalue weighted by Gasteiger charge is 2.03. The number of ketones is 1. The highest BCUT2D eigenvalue weighted by Crippen LogP contribution is 2.14. The molecule has 0 heterocycles. The molecule has 0 rings (SSSR count). The van der Waals surface area contributed by atoms with Crippen molar-refractivity contribution in [2.45, 2.75) is 34.1 Å². The van der Waals surface area contributed by atoms with E-state index in [0.29, 0.717) is 0 Å². The Labute approximate surface area is 75.2 Å². The second-order valence-electron chi connectivity index (χ2n) is 3.91. The summed E-state index contributed by atoms with van der Waals surface area (Å²) >= 11 is 0. The molecule has 1 nitrogen and oxygen atoms in total. The molecule has 0 amide bonds. The van der Waals surface area contributed by atoms with Crippen molar-refractivity contribution in [2.75, 3.05) is 0 Å². The molecule has 0 aliphatic carbocycles. The van der Waals surface area contributed by atoms with E-state index >= 15 is 0 Å². The standard InChI is InChI=1S/C11H18O/c1-5-6-7-10(12)8-9-11(2,3)4/h6-9H,5H2,1-4H3/b7-6+,9-8+. The lowest BCUT2D eigenvalue weighted by Crippen LogP contribution is -2.00. The normalized spacial score (nSPS) is 13.0. The lowest BCUT2D eigenvalue weighted by molar-refractivity contribution is -0.110. The summed E-state index contributed by atoms with van der Waals surface area (Å²) in [6.07, 6.45) is 7.95. The SMILES string of the molecule is CC/C=C/C(=O)/C=C/C(C)(C)C. The zero-order chi connectivity index (χ0) is 9.61. The van der Waals surface area contributed by atoms with E-state index in [0.717, 1.165) is 6.42 Å². The predicted molar refractivity (Wildman–Crippen MR) is 53.0 cm³/mol. The van der Waals surface area contributed by atoms with Gasteiger partial charge in [0.25, 0.3) is 0 Å². The molecule has 0 aromatic rings. The van der Waals surface area contributed by atoms with Crippen molar-refractivity contribution in [2.24, 2.45) is 5.41 Å². The summed E-state index contributed by atoms with van der Waals surface area (Å²) in [6, 6.07) is 0. The van der Waals surface area contributed by atoms with Crippen LogP contribution in [0.3, 0.4) is 0 Å². The molecule has 0 saturated heterocycles. The Morgan fingerprint density at radius 2 is 1.83 bits per heavy atom. The van der Waals surface area contributed by atoms with Crippen LogP contribution in [0.15, 0.2) is 24.3 Å². The van der Waals surface area contributed by atoms with Gasteiger partial charge in [0.2, 0.25) is 0 Å². The minimum atomic E-state index is 0.0757. The fraction of sp³-hybridized carbons (Fsp3) is 0.545. The van der Waals surface area contributed by atoms with Gasteiger partial charge in [0.1, 0.15) is 0 Å². The maximum Gasteiger partial charge on any atom is 0.178 e. The molecule has 12 heavy (non-hydrogen) atoms. The molecule has 0 bridgehead atoms. The average molecular weight is 166 g/mol. The maximum atomic E-state index is 11.1. The van der Waals surface area contributed by atoms with Gasteiger partial charge in [-0.3, -0.25) is 4.79 Å². The Kier molecular flexibility index (Phi) is 4.57. The molecule has 0 aromatic heterocycles. The first-order chi connectivity index (χ1) is 5.45. The number of carbonyl (C=O) groups excluding carboxylic acids is 1. The number of rotatable bonds is 3. The van der Waals surface area contributed by atoms with Crippen LogP contribution in [0.2, 0.25) is 0 Å². The van der Waals surface area contributed by atoms with Gasteiger partial charge in [0, 0.05) is 0 Å². The van der Waals surface area contributed by atoms with Gasteiger partial charge in [-0.15, -0.1) is 0 Å². The first-order valence-electron chi connectivity index (χ1n) is 4.35. The third-order valence-electron chi connectivity index (χ3n) is 1.27. The van der Waals surface area contributed by atoms with Gasteiger partial charge in [-0.25, -0.2) is 0 Å². The van der Waals surface area contributed by atoms with Crippen molar-refractivity contribution >= 4 is 5.78 Å². The summed E-state index contributed by atoms with van der Waals surface area (Å²) in [5.74, 6) is 0.0757. The van der Waals surface area contributed by atoms with E-state index in [1.54, 1.807) is 12.2 Å². The summed E-state index contributed by atoms with van der Waals surface area (Å²) < 4.78 is 0. The van der Waals surface area contributed by atoms with Gasteiger partial charge < -0.3 is 0 Å². The fourth-order valence-electron chi connectivity index (χ4n) is 0.622. The lowest BCUT2D eigenvalue weighted by atomic mass is 9.96. The molecular formula is C11H18O. The topological polar surface area (TPSA) is 17.1 Å². The van der Waals surface area contributed by atoms with E-state index < -0.39 is 0 Å². The highest BCUT2D eigenvalue weighted by molar-refractivity contribution is 5.99. The Morgan fingerprint density at radius 3 is 2.25 bits per heavy atom. The average Bonchev–Trinajstić information content (AvgIpc) is 1.95. The van der Waals surface area contributed by atoms with Crippen LogP contribution in [-0.2, 0) is 4.79 Å². The van der Waals surface area contributed by atoms with E-state index in [9.17, 15) is 4.79 Å². The van der Waals surface area contributed by atoms with Crippen LogP contribution in [0.1, 0.15) is 34.1 Å². The van der Waals surface area contributed by atoms with Crippen molar-refractivity contribution < 1.29 is 4.79 Å². The quantitative estimate of drug-likeness (QED) is 0.589. The molecular weight excluding hydrogens is 148 g/mol. The summed E-state index contributed by atoms with van der Waals surface area (Å²) in [4.78, 5) is 11.1. The zero-order valence-corrected chi connectivity index (χ0v) is 8.42. The van der Waals surface area contributed by atoms with Crippen LogP contribution in [0.25, 0.3) is 0 Å². The van der Waals surface area contributed by atoms with E-state index in [2.05, 4.69) is 20.8 Å². The van der Waals surface area contributed by atoms with Crippen LogP contribution < -0.4 is 0 Å². The van der Waals surface area contributed by atoms with Crippen LogP contribution in [0, 0.1) is 5.41 Å². The maximum absolute atomic E-state index is 11.1. The molecule has 0 radical (unpaired) electrons. The molecule has 0 aliphatic rings. The zero-order valence-electron chi connectivity index (χ0n) is 8.42. The summed E-state index contributed by atoms with van der Waals surface area (Å²) in [5.41, 5.74) is 0.0930. The minimum Gasteiger partial charge on any atom is -0.290 e. The van der Waals surface area contributed by atoms with E-state index in [1.807, 2.05) is 19.1 Å². The molecule has 0 atom stereocenters. The number of hydrogen-bond acceptors (Lipinski definition) is 1. The van der Waals surface area contributed by atoms with Crippen molar-refractivity contribution in [3.8, 4) is 0 Å². The van der Waals surface area contributed by atoms with Gasteiger partial charge >= 0.3 is 0 Å². The van der Waals surface area contributed by atoms with Crippen molar-refractivity contribution in [3.05, 3.63) is 24.3 Å². The third-order valence-corrected chi connectivity index (χ3v) is 1.27. The van der Waals surface area contributed by atoms with E-state index in [-0.39, 0.29) is 11.2 Å². The van der Waals surface area contributed by atoms with Gasteiger partial charge in [-0.05, 0) is 24.0 Å². The predicted octanol–water partition coefficient (Wildman–Crippen LogP) is 3.12. The molecule has 0 N–H and O–H groups in total. The molecule has 0 unspecified atom stereocenters. The van der Waals surface area contributed by atoms with Crippen LogP contribution >= 0.6 is 0 Å². The third kappa shape index (κ3) is 7.26. The van der Waals surface area contributed by atoms with E-state index in [4.69, 9.17) is 0 Å².